The van der Waals surface area contributed by atoms with E-state index in [2.05, 4.69) is 15.2 Å². The topological polar surface area (TPSA) is 76.5 Å². The van der Waals surface area contributed by atoms with E-state index < -0.39 is 0 Å². The molecule has 1 aromatic carbocycles. The van der Waals surface area contributed by atoms with Crippen molar-refractivity contribution in [2.45, 2.75) is 20.4 Å². The first-order valence-corrected chi connectivity index (χ1v) is 8.61. The van der Waals surface area contributed by atoms with Crippen LogP contribution in [0.3, 0.4) is 0 Å². The zero-order valence-corrected chi connectivity index (χ0v) is 15.4. The number of nitrogens with zero attached hydrogens (tertiary/aromatic N) is 5. The molecule has 0 fully saturated rings. The van der Waals surface area contributed by atoms with Gasteiger partial charge in [-0.05, 0) is 19.9 Å². The van der Waals surface area contributed by atoms with Crippen LogP contribution >= 0.6 is 0 Å². The third-order valence-electron chi connectivity index (χ3n) is 4.62. The number of carbonyl (C=O) groups excluding carboxylic acids is 1. The van der Waals surface area contributed by atoms with Crippen molar-refractivity contribution in [1.29, 1.82) is 0 Å². The molecule has 0 saturated carbocycles. The number of benzene rings is 1. The van der Waals surface area contributed by atoms with Crippen molar-refractivity contribution < 1.29 is 9.32 Å². The van der Waals surface area contributed by atoms with E-state index in [9.17, 15) is 4.79 Å². The molecule has 4 rings (SSSR count). The Morgan fingerprint density at radius 1 is 1.19 bits per heavy atom. The van der Waals surface area contributed by atoms with Crippen LogP contribution in [-0.4, -0.2) is 37.6 Å². The maximum atomic E-state index is 13.0. The number of aryl methyl sites for hydroxylation is 2. The second-order valence-corrected chi connectivity index (χ2v) is 6.45. The van der Waals surface area contributed by atoms with E-state index in [0.717, 1.165) is 28.3 Å². The third-order valence-corrected chi connectivity index (χ3v) is 4.62. The quantitative estimate of drug-likeness (QED) is 0.557. The Bertz CT molecular complexity index is 1090. The van der Waals surface area contributed by atoms with Gasteiger partial charge in [-0.2, -0.15) is 5.10 Å². The van der Waals surface area contributed by atoms with Crippen LogP contribution in [0.15, 0.2) is 53.3 Å². The van der Waals surface area contributed by atoms with Gasteiger partial charge in [-0.15, -0.1) is 0 Å². The van der Waals surface area contributed by atoms with Gasteiger partial charge >= 0.3 is 0 Å². The predicted molar refractivity (Wildman–Crippen MR) is 100 cm³/mol. The Kier molecular flexibility index (Phi) is 4.19. The van der Waals surface area contributed by atoms with Gasteiger partial charge < -0.3 is 9.42 Å². The fraction of sp³-hybridized carbons (Fsp3) is 0.200. The normalized spacial score (nSPS) is 11.1. The number of hydrogen-bond donors (Lipinski definition) is 0. The Labute approximate surface area is 156 Å². The first-order chi connectivity index (χ1) is 13.1. The summed E-state index contributed by atoms with van der Waals surface area (Å²) in [7, 11) is 1.75. The zero-order valence-electron chi connectivity index (χ0n) is 15.4. The lowest BCUT2D eigenvalue weighted by atomic mass is 10.1. The fourth-order valence-corrected chi connectivity index (χ4v) is 3.11. The average molecular weight is 361 g/mol. The molecule has 7 heteroatoms. The van der Waals surface area contributed by atoms with Gasteiger partial charge in [0.2, 0.25) is 0 Å². The van der Waals surface area contributed by atoms with Crippen LogP contribution in [-0.2, 0) is 6.54 Å². The van der Waals surface area contributed by atoms with Crippen LogP contribution in [0.4, 0.5) is 0 Å². The monoisotopic (exact) mass is 361 g/mol. The molecule has 4 aromatic rings. The van der Waals surface area contributed by atoms with Crippen molar-refractivity contribution in [1.82, 2.24) is 24.7 Å². The molecule has 0 saturated heterocycles. The molecule has 0 N–H and O–H groups in total. The molecule has 7 nitrogen and oxygen atoms in total. The molecule has 3 heterocycles. The number of rotatable bonds is 4. The Balaban J connectivity index is 1.69. The maximum absolute atomic E-state index is 13.0. The minimum Gasteiger partial charge on any atom is -0.361 e. The van der Waals surface area contributed by atoms with Crippen molar-refractivity contribution in [3.05, 3.63) is 71.4 Å². The highest BCUT2D eigenvalue weighted by atomic mass is 16.5. The Morgan fingerprint density at radius 2 is 1.96 bits per heavy atom. The van der Waals surface area contributed by atoms with Crippen molar-refractivity contribution >= 4 is 11.6 Å². The molecule has 136 valence electrons. The highest BCUT2D eigenvalue weighted by molar-refractivity contribution is 5.99. The molecule has 0 aliphatic rings. The maximum Gasteiger partial charge on any atom is 0.259 e. The van der Waals surface area contributed by atoms with Gasteiger partial charge in [-0.3, -0.25) is 4.79 Å². The molecule has 1 amide bonds. The van der Waals surface area contributed by atoms with Gasteiger partial charge in [0.1, 0.15) is 11.3 Å². The smallest absolute Gasteiger partial charge is 0.259 e. The molecule has 0 aliphatic carbocycles. The molecular weight excluding hydrogens is 342 g/mol. The molecule has 0 spiro atoms. The summed E-state index contributed by atoms with van der Waals surface area (Å²) in [6.45, 7) is 4.12. The molecule has 0 atom stereocenters. The number of carbonyl (C=O) groups is 1. The predicted octanol–water partition coefficient (Wildman–Crippen LogP) is 3.27. The minimum absolute atomic E-state index is 0.150. The van der Waals surface area contributed by atoms with E-state index in [4.69, 9.17) is 4.52 Å². The van der Waals surface area contributed by atoms with Gasteiger partial charge in [0.25, 0.3) is 5.91 Å². The largest absolute Gasteiger partial charge is 0.361 e. The number of fused-ring (bicyclic) bond motifs is 1. The summed E-state index contributed by atoms with van der Waals surface area (Å²) in [4.78, 5) is 19.0. The Morgan fingerprint density at radius 3 is 2.67 bits per heavy atom. The molecular formula is C20H19N5O2. The summed E-state index contributed by atoms with van der Waals surface area (Å²) in [6, 6.07) is 11.8. The van der Waals surface area contributed by atoms with Gasteiger partial charge in [0.05, 0.1) is 24.1 Å². The summed E-state index contributed by atoms with van der Waals surface area (Å²) >= 11 is 0. The van der Waals surface area contributed by atoms with Crippen molar-refractivity contribution in [3.63, 3.8) is 0 Å². The van der Waals surface area contributed by atoms with Gasteiger partial charge in [0, 0.05) is 24.4 Å². The summed E-state index contributed by atoms with van der Waals surface area (Å²) in [5, 5.41) is 8.35. The minimum atomic E-state index is -0.150. The number of hydrogen-bond acceptors (Lipinski definition) is 5. The lowest BCUT2D eigenvalue weighted by molar-refractivity contribution is 0.0786. The van der Waals surface area contributed by atoms with Crippen LogP contribution in [0.5, 0.6) is 0 Å². The van der Waals surface area contributed by atoms with Crippen LogP contribution < -0.4 is 0 Å². The molecule has 27 heavy (non-hydrogen) atoms. The average Bonchev–Trinajstić information content (AvgIpc) is 3.26. The molecule has 0 unspecified atom stereocenters. The molecule has 3 aromatic heterocycles. The van der Waals surface area contributed by atoms with E-state index in [0.29, 0.717) is 17.8 Å². The number of aromatic nitrogens is 4. The van der Waals surface area contributed by atoms with Crippen molar-refractivity contribution in [2.75, 3.05) is 7.05 Å². The van der Waals surface area contributed by atoms with Gasteiger partial charge in [-0.1, -0.05) is 35.5 Å². The van der Waals surface area contributed by atoms with Crippen LogP contribution in [0.1, 0.15) is 27.4 Å². The van der Waals surface area contributed by atoms with Crippen molar-refractivity contribution in [2.24, 2.45) is 0 Å². The summed E-state index contributed by atoms with van der Waals surface area (Å²) in [6.07, 6.45) is 3.27. The lowest BCUT2D eigenvalue weighted by Crippen LogP contribution is -2.26. The van der Waals surface area contributed by atoms with Crippen molar-refractivity contribution in [3.8, 4) is 11.3 Å². The van der Waals surface area contributed by atoms with E-state index in [-0.39, 0.29) is 5.91 Å². The van der Waals surface area contributed by atoms with Crippen LogP contribution in [0.25, 0.3) is 16.9 Å². The zero-order chi connectivity index (χ0) is 19.0. The van der Waals surface area contributed by atoms with Gasteiger partial charge in [-0.25, -0.2) is 9.50 Å². The van der Waals surface area contributed by atoms with E-state index in [1.807, 2.05) is 50.2 Å². The number of amides is 1. The molecule has 0 radical (unpaired) electrons. The van der Waals surface area contributed by atoms with Crippen LogP contribution in [0.2, 0.25) is 0 Å². The standard InChI is InChI=1S/C20H19N5O2/c1-13-17(14(2)27-23-13)12-24(3)20(26)16-11-22-25-18(9-10-21-19(16)25)15-7-5-4-6-8-15/h4-11H,12H2,1-3H3. The second-order valence-electron chi connectivity index (χ2n) is 6.45. The first kappa shape index (κ1) is 17.0. The van der Waals surface area contributed by atoms with E-state index >= 15 is 0 Å². The lowest BCUT2D eigenvalue weighted by Gasteiger charge is -2.16. The first-order valence-electron chi connectivity index (χ1n) is 8.61. The molecule has 0 bridgehead atoms. The fourth-order valence-electron chi connectivity index (χ4n) is 3.11. The van der Waals surface area contributed by atoms with Crippen LogP contribution in [0, 0.1) is 13.8 Å². The highest BCUT2D eigenvalue weighted by Gasteiger charge is 2.21. The summed E-state index contributed by atoms with van der Waals surface area (Å²) < 4.78 is 6.89. The Hall–Kier alpha value is -3.48. The summed E-state index contributed by atoms with van der Waals surface area (Å²) in [5.41, 5.74) is 4.59. The second kappa shape index (κ2) is 6.68. The SMILES string of the molecule is Cc1noc(C)c1CN(C)C(=O)c1cnn2c(-c3ccccc3)ccnc12. The highest BCUT2D eigenvalue weighted by Crippen LogP contribution is 2.22. The summed E-state index contributed by atoms with van der Waals surface area (Å²) in [5.74, 6) is 0.569. The van der Waals surface area contributed by atoms with Gasteiger partial charge in [0.15, 0.2) is 5.65 Å². The van der Waals surface area contributed by atoms with E-state index in [1.54, 1.807) is 28.9 Å². The molecule has 0 aliphatic heterocycles. The third kappa shape index (κ3) is 2.97. The van der Waals surface area contributed by atoms with E-state index in [1.165, 1.54) is 0 Å².